The summed E-state index contributed by atoms with van der Waals surface area (Å²) in [6.45, 7) is 2.96. The van der Waals surface area contributed by atoms with Crippen molar-refractivity contribution < 1.29 is 19.1 Å². The van der Waals surface area contributed by atoms with Gasteiger partial charge in [-0.15, -0.1) is 0 Å². The monoisotopic (exact) mass is 408 g/mol. The number of carbonyl (C=O) groups is 3. The van der Waals surface area contributed by atoms with E-state index < -0.39 is 23.9 Å². The number of nitrogens with one attached hydrogen (secondary N) is 2. The minimum Gasteiger partial charge on any atom is -0.451 e. The molecule has 0 spiro atoms. The van der Waals surface area contributed by atoms with E-state index in [1.807, 2.05) is 6.92 Å². The summed E-state index contributed by atoms with van der Waals surface area (Å²) in [5, 5.41) is 5.68. The number of benzene rings is 2. The first kappa shape index (κ1) is 20.7. The van der Waals surface area contributed by atoms with Crippen LogP contribution < -0.4 is 10.6 Å². The van der Waals surface area contributed by atoms with Gasteiger partial charge in [-0.3, -0.25) is 14.4 Å². The highest BCUT2D eigenvalue weighted by molar-refractivity contribution is 6.35. The molecule has 2 aromatic rings. The lowest BCUT2D eigenvalue weighted by Gasteiger charge is -2.14. The molecule has 0 aliphatic heterocycles. The second-order valence-corrected chi connectivity index (χ2v) is 6.64. The summed E-state index contributed by atoms with van der Waals surface area (Å²) in [4.78, 5) is 35.9. The highest BCUT2D eigenvalue weighted by Crippen LogP contribution is 2.25. The number of esters is 1. The van der Waals surface area contributed by atoms with Crippen LogP contribution in [0.3, 0.4) is 0 Å². The first-order valence-electron chi connectivity index (χ1n) is 8.06. The van der Waals surface area contributed by atoms with Gasteiger partial charge >= 0.3 is 5.97 Å². The smallest absolute Gasteiger partial charge is 0.326 e. The highest BCUT2D eigenvalue weighted by atomic mass is 35.5. The normalized spacial score (nSPS) is 11.4. The lowest BCUT2D eigenvalue weighted by Crippen LogP contribution is -2.35. The zero-order valence-corrected chi connectivity index (χ0v) is 16.2. The number of hydrogen-bond donors (Lipinski definition) is 2. The number of carbonyl (C=O) groups excluding carboxylic acids is 3. The van der Waals surface area contributed by atoms with E-state index in [0.29, 0.717) is 21.3 Å². The largest absolute Gasteiger partial charge is 0.451 e. The molecule has 8 heteroatoms. The molecule has 0 saturated heterocycles. The maximum absolute atomic E-state index is 12.1. The summed E-state index contributed by atoms with van der Waals surface area (Å²) >= 11 is 11.8. The number of ether oxygens (including phenoxy) is 1. The van der Waals surface area contributed by atoms with Crippen LogP contribution in [0.25, 0.3) is 0 Å². The molecule has 2 N–H and O–H groups in total. The van der Waals surface area contributed by atoms with E-state index in [1.54, 1.807) is 30.3 Å². The van der Waals surface area contributed by atoms with Crippen molar-refractivity contribution in [1.29, 1.82) is 0 Å². The molecule has 0 radical (unpaired) electrons. The number of anilines is 1. The molecule has 0 aliphatic rings. The molecule has 0 saturated carbocycles. The summed E-state index contributed by atoms with van der Waals surface area (Å²) in [6.07, 6.45) is -1.08. The average Bonchev–Trinajstić information content (AvgIpc) is 2.63. The summed E-state index contributed by atoms with van der Waals surface area (Å²) < 4.78 is 5.02. The van der Waals surface area contributed by atoms with Crippen LogP contribution in [0.4, 0.5) is 5.69 Å². The van der Waals surface area contributed by atoms with E-state index in [4.69, 9.17) is 27.9 Å². The SMILES string of the molecule is Cc1ccc(C(=O)NCC(=O)OC(C)C(=O)Nc2cc(Cl)ccc2Cl)cc1. The second kappa shape index (κ2) is 9.39. The molecule has 0 heterocycles. The van der Waals surface area contributed by atoms with Gasteiger partial charge in [0.15, 0.2) is 6.10 Å². The van der Waals surface area contributed by atoms with E-state index >= 15 is 0 Å². The van der Waals surface area contributed by atoms with E-state index in [2.05, 4.69) is 10.6 Å². The molecule has 142 valence electrons. The molecule has 1 atom stereocenters. The number of halogens is 2. The van der Waals surface area contributed by atoms with E-state index in [0.717, 1.165) is 5.56 Å². The van der Waals surface area contributed by atoms with E-state index in [-0.39, 0.29) is 6.54 Å². The highest BCUT2D eigenvalue weighted by Gasteiger charge is 2.19. The summed E-state index contributed by atoms with van der Waals surface area (Å²) in [5.74, 6) is -1.72. The van der Waals surface area contributed by atoms with Crippen molar-refractivity contribution in [3.8, 4) is 0 Å². The van der Waals surface area contributed by atoms with Crippen LogP contribution in [-0.4, -0.2) is 30.4 Å². The Bertz CT molecular complexity index is 853. The van der Waals surface area contributed by atoms with Crippen LogP contribution >= 0.6 is 23.2 Å². The minimum absolute atomic E-state index is 0.302. The van der Waals surface area contributed by atoms with E-state index in [9.17, 15) is 14.4 Å². The zero-order chi connectivity index (χ0) is 20.0. The minimum atomic E-state index is -1.08. The third-order valence-electron chi connectivity index (χ3n) is 3.57. The maximum atomic E-state index is 12.1. The number of amides is 2. The van der Waals surface area contributed by atoms with Crippen molar-refractivity contribution in [2.24, 2.45) is 0 Å². The maximum Gasteiger partial charge on any atom is 0.326 e. The van der Waals surface area contributed by atoms with Gasteiger partial charge < -0.3 is 15.4 Å². The van der Waals surface area contributed by atoms with Crippen molar-refractivity contribution in [1.82, 2.24) is 5.32 Å². The molecule has 0 aromatic heterocycles. The average molecular weight is 409 g/mol. The van der Waals surface area contributed by atoms with Crippen LogP contribution in [-0.2, 0) is 14.3 Å². The molecule has 27 heavy (non-hydrogen) atoms. The van der Waals surface area contributed by atoms with Gasteiger partial charge in [-0.25, -0.2) is 0 Å². The van der Waals surface area contributed by atoms with Gasteiger partial charge in [0.1, 0.15) is 6.54 Å². The van der Waals surface area contributed by atoms with Gasteiger partial charge in [-0.1, -0.05) is 40.9 Å². The van der Waals surface area contributed by atoms with Gasteiger partial charge in [0.25, 0.3) is 11.8 Å². The molecule has 2 rings (SSSR count). The molecule has 6 nitrogen and oxygen atoms in total. The molecule has 0 aliphatic carbocycles. The summed E-state index contributed by atoms with van der Waals surface area (Å²) in [6, 6.07) is 11.5. The summed E-state index contributed by atoms with van der Waals surface area (Å²) in [7, 11) is 0. The van der Waals surface area contributed by atoms with Gasteiger partial charge in [0, 0.05) is 10.6 Å². The fourth-order valence-electron chi connectivity index (χ4n) is 2.08. The Hall–Kier alpha value is -2.57. The van der Waals surface area contributed by atoms with Crippen LogP contribution in [0.15, 0.2) is 42.5 Å². The van der Waals surface area contributed by atoms with Crippen LogP contribution in [0.1, 0.15) is 22.8 Å². The Morgan fingerprint density at radius 1 is 1.07 bits per heavy atom. The third kappa shape index (κ3) is 6.27. The van der Waals surface area contributed by atoms with Crippen molar-refractivity contribution in [3.05, 3.63) is 63.6 Å². The van der Waals surface area contributed by atoms with Gasteiger partial charge in [0.2, 0.25) is 0 Å². The number of hydrogen-bond acceptors (Lipinski definition) is 4. The zero-order valence-electron chi connectivity index (χ0n) is 14.7. The molecule has 2 aromatic carbocycles. The first-order chi connectivity index (χ1) is 12.8. The van der Waals surface area contributed by atoms with Gasteiger partial charge in [0.05, 0.1) is 10.7 Å². The van der Waals surface area contributed by atoms with Crippen molar-refractivity contribution in [2.75, 3.05) is 11.9 Å². The molecular weight excluding hydrogens is 391 g/mol. The second-order valence-electron chi connectivity index (χ2n) is 5.79. The Labute approximate surface area is 166 Å². The fraction of sp³-hybridized carbons (Fsp3) is 0.211. The molecule has 0 fully saturated rings. The Morgan fingerprint density at radius 3 is 2.41 bits per heavy atom. The molecule has 1 unspecified atom stereocenters. The van der Waals surface area contributed by atoms with E-state index in [1.165, 1.54) is 19.1 Å². The van der Waals surface area contributed by atoms with Crippen molar-refractivity contribution >= 4 is 46.7 Å². The number of rotatable bonds is 6. The van der Waals surface area contributed by atoms with Crippen LogP contribution in [0, 0.1) is 6.92 Å². The summed E-state index contributed by atoms with van der Waals surface area (Å²) in [5.41, 5.74) is 1.75. The van der Waals surface area contributed by atoms with Crippen LogP contribution in [0.5, 0.6) is 0 Å². The predicted molar refractivity (Wildman–Crippen MR) is 104 cm³/mol. The molecule has 0 bridgehead atoms. The lowest BCUT2D eigenvalue weighted by atomic mass is 10.1. The van der Waals surface area contributed by atoms with Crippen molar-refractivity contribution in [2.45, 2.75) is 20.0 Å². The lowest BCUT2D eigenvalue weighted by molar-refractivity contribution is -0.152. The molecule has 2 amide bonds. The fourth-order valence-corrected chi connectivity index (χ4v) is 2.42. The Morgan fingerprint density at radius 2 is 1.74 bits per heavy atom. The first-order valence-corrected chi connectivity index (χ1v) is 8.82. The van der Waals surface area contributed by atoms with Crippen molar-refractivity contribution in [3.63, 3.8) is 0 Å². The Kier molecular flexibility index (Phi) is 7.21. The topological polar surface area (TPSA) is 84.5 Å². The quantitative estimate of drug-likeness (QED) is 0.714. The van der Waals surface area contributed by atoms with Crippen LogP contribution in [0.2, 0.25) is 10.0 Å². The standard InChI is InChI=1S/C19H18Cl2N2O4/c1-11-3-5-13(6-4-11)19(26)22-10-17(24)27-12(2)18(25)23-16-9-14(20)7-8-15(16)21/h3-9,12H,10H2,1-2H3,(H,22,26)(H,23,25). The number of aryl methyl sites for hydroxylation is 1. The molecular formula is C19H18Cl2N2O4. The Balaban J connectivity index is 1.83. The van der Waals surface area contributed by atoms with Gasteiger partial charge in [-0.05, 0) is 44.2 Å². The third-order valence-corrected chi connectivity index (χ3v) is 4.14. The predicted octanol–water partition coefficient (Wildman–Crippen LogP) is 3.60. The van der Waals surface area contributed by atoms with Gasteiger partial charge in [-0.2, -0.15) is 0 Å².